The Morgan fingerprint density at radius 1 is 1.27 bits per heavy atom. The molecule has 1 atom stereocenters. The van der Waals surface area contributed by atoms with Crippen LogP contribution in [-0.4, -0.2) is 15.9 Å². The molecule has 0 saturated heterocycles. The van der Waals surface area contributed by atoms with Crippen LogP contribution in [0.2, 0.25) is 0 Å². The van der Waals surface area contributed by atoms with E-state index in [0.717, 1.165) is 10.5 Å². The third kappa shape index (κ3) is 2.44. The normalized spacial score (nSPS) is 11.8. The molecule has 1 unspecified atom stereocenters. The van der Waals surface area contributed by atoms with Crippen LogP contribution in [0, 0.1) is 6.92 Å². The Balaban J connectivity index is 0.000001000. The standard InChI is InChI=1S/C8H10OS.H2O/c1-7-5-3-4-6-8(7)10(2)9;/h3-6H,1-2H3;1H2. The Morgan fingerprint density at radius 3 is 2.18 bits per heavy atom. The monoisotopic (exact) mass is 172 g/mol. The average Bonchev–Trinajstić information content (AvgIpc) is 1.88. The lowest BCUT2D eigenvalue weighted by atomic mass is 10.2. The van der Waals surface area contributed by atoms with Gasteiger partial charge in [0.05, 0.1) is 10.8 Å². The second-order valence-electron chi connectivity index (χ2n) is 2.22. The van der Waals surface area contributed by atoms with Crippen molar-refractivity contribution in [3.05, 3.63) is 29.8 Å². The number of benzene rings is 1. The predicted molar refractivity (Wildman–Crippen MR) is 47.1 cm³/mol. The smallest absolute Gasteiger partial charge is 0.0500 e. The molecule has 1 aromatic carbocycles. The van der Waals surface area contributed by atoms with Crippen LogP contribution >= 0.6 is 0 Å². The molecule has 11 heavy (non-hydrogen) atoms. The van der Waals surface area contributed by atoms with Crippen molar-refractivity contribution in [3.8, 4) is 0 Å². The quantitative estimate of drug-likeness (QED) is 0.621. The van der Waals surface area contributed by atoms with E-state index in [4.69, 9.17) is 0 Å². The SMILES string of the molecule is Cc1ccccc1S(C)=O.O. The van der Waals surface area contributed by atoms with E-state index in [0.29, 0.717) is 0 Å². The van der Waals surface area contributed by atoms with Gasteiger partial charge in [0.15, 0.2) is 0 Å². The summed E-state index contributed by atoms with van der Waals surface area (Å²) in [5.74, 6) is 0. The van der Waals surface area contributed by atoms with Crippen molar-refractivity contribution in [2.45, 2.75) is 11.8 Å². The lowest BCUT2D eigenvalue weighted by Gasteiger charge is -1.98. The van der Waals surface area contributed by atoms with Crippen LogP contribution in [-0.2, 0) is 10.8 Å². The van der Waals surface area contributed by atoms with Crippen molar-refractivity contribution in [1.29, 1.82) is 0 Å². The molecule has 0 fully saturated rings. The number of hydrogen-bond acceptors (Lipinski definition) is 1. The third-order valence-electron chi connectivity index (χ3n) is 1.40. The molecule has 1 aromatic rings. The highest BCUT2D eigenvalue weighted by Crippen LogP contribution is 2.09. The van der Waals surface area contributed by atoms with Gasteiger partial charge in [0, 0.05) is 11.2 Å². The molecule has 0 saturated carbocycles. The summed E-state index contributed by atoms with van der Waals surface area (Å²) < 4.78 is 11.0. The van der Waals surface area contributed by atoms with Crippen molar-refractivity contribution < 1.29 is 9.69 Å². The van der Waals surface area contributed by atoms with E-state index in [-0.39, 0.29) is 5.48 Å². The van der Waals surface area contributed by atoms with E-state index in [2.05, 4.69) is 0 Å². The summed E-state index contributed by atoms with van der Waals surface area (Å²) in [5.41, 5.74) is 1.10. The highest BCUT2D eigenvalue weighted by molar-refractivity contribution is 7.84. The molecule has 3 heteroatoms. The molecule has 0 aliphatic rings. The lowest BCUT2D eigenvalue weighted by Crippen LogP contribution is -1.89. The van der Waals surface area contributed by atoms with E-state index < -0.39 is 10.8 Å². The van der Waals surface area contributed by atoms with Gasteiger partial charge in [-0.25, -0.2) is 0 Å². The first-order valence-corrected chi connectivity index (χ1v) is 4.66. The zero-order chi connectivity index (χ0) is 7.56. The fraction of sp³-hybridized carbons (Fsp3) is 0.250. The van der Waals surface area contributed by atoms with Gasteiger partial charge in [-0.3, -0.25) is 4.21 Å². The Hall–Kier alpha value is -0.670. The second-order valence-corrected chi connectivity index (χ2v) is 3.57. The van der Waals surface area contributed by atoms with Crippen LogP contribution in [0.25, 0.3) is 0 Å². The highest BCUT2D eigenvalue weighted by Gasteiger charge is 1.98. The Morgan fingerprint density at radius 2 is 1.82 bits per heavy atom. The van der Waals surface area contributed by atoms with Crippen molar-refractivity contribution >= 4 is 10.8 Å². The van der Waals surface area contributed by atoms with Gasteiger partial charge < -0.3 is 5.48 Å². The first-order chi connectivity index (χ1) is 4.72. The molecule has 0 heterocycles. The van der Waals surface area contributed by atoms with E-state index in [1.807, 2.05) is 31.2 Å². The number of hydrogen-bond donors (Lipinski definition) is 0. The van der Waals surface area contributed by atoms with Crippen LogP contribution in [0.15, 0.2) is 29.2 Å². The summed E-state index contributed by atoms with van der Waals surface area (Å²) in [6, 6.07) is 7.72. The van der Waals surface area contributed by atoms with Gasteiger partial charge in [-0.2, -0.15) is 0 Å². The summed E-state index contributed by atoms with van der Waals surface area (Å²) in [6.07, 6.45) is 1.70. The molecule has 0 amide bonds. The number of rotatable bonds is 1. The molecule has 0 aromatic heterocycles. The fourth-order valence-electron chi connectivity index (χ4n) is 0.879. The minimum Gasteiger partial charge on any atom is -0.412 e. The first kappa shape index (κ1) is 10.3. The zero-order valence-corrected chi connectivity index (χ0v) is 7.44. The van der Waals surface area contributed by atoms with Crippen molar-refractivity contribution in [1.82, 2.24) is 0 Å². The fourth-order valence-corrected chi connectivity index (χ4v) is 1.67. The van der Waals surface area contributed by atoms with Crippen LogP contribution in [0.5, 0.6) is 0 Å². The third-order valence-corrected chi connectivity index (χ3v) is 2.48. The molecule has 1 rings (SSSR count). The summed E-state index contributed by atoms with van der Waals surface area (Å²) in [4.78, 5) is 0.933. The lowest BCUT2D eigenvalue weighted by molar-refractivity contribution is 0.686. The summed E-state index contributed by atoms with van der Waals surface area (Å²) >= 11 is 0. The van der Waals surface area contributed by atoms with Gasteiger partial charge >= 0.3 is 0 Å². The summed E-state index contributed by atoms with van der Waals surface area (Å²) in [5, 5.41) is 0. The maximum absolute atomic E-state index is 11.0. The molecular formula is C8H12O2S. The second kappa shape index (κ2) is 4.26. The molecule has 62 valence electrons. The molecule has 0 aliphatic heterocycles. The van der Waals surface area contributed by atoms with Gasteiger partial charge in [0.25, 0.3) is 0 Å². The molecule has 2 N–H and O–H groups in total. The largest absolute Gasteiger partial charge is 0.412 e. The van der Waals surface area contributed by atoms with E-state index in [9.17, 15) is 4.21 Å². The molecule has 2 nitrogen and oxygen atoms in total. The Kier molecular flexibility index (Phi) is 4.00. The van der Waals surface area contributed by atoms with Crippen LogP contribution in [0.1, 0.15) is 5.56 Å². The van der Waals surface area contributed by atoms with E-state index >= 15 is 0 Å². The first-order valence-electron chi connectivity index (χ1n) is 3.11. The topological polar surface area (TPSA) is 48.6 Å². The minimum absolute atomic E-state index is 0. The van der Waals surface area contributed by atoms with Gasteiger partial charge in [-0.1, -0.05) is 18.2 Å². The van der Waals surface area contributed by atoms with Crippen LogP contribution < -0.4 is 0 Å². The minimum atomic E-state index is -0.841. The summed E-state index contributed by atoms with van der Waals surface area (Å²) in [6.45, 7) is 1.97. The number of aryl methyl sites for hydroxylation is 1. The highest BCUT2D eigenvalue weighted by atomic mass is 32.2. The average molecular weight is 172 g/mol. The van der Waals surface area contributed by atoms with E-state index in [1.54, 1.807) is 6.26 Å². The summed E-state index contributed by atoms with van der Waals surface area (Å²) in [7, 11) is -0.841. The Labute approximate surface area is 69.0 Å². The van der Waals surface area contributed by atoms with Crippen molar-refractivity contribution in [2.75, 3.05) is 6.26 Å². The molecule has 0 radical (unpaired) electrons. The molecule has 0 aliphatic carbocycles. The van der Waals surface area contributed by atoms with Gasteiger partial charge in [0.2, 0.25) is 0 Å². The zero-order valence-electron chi connectivity index (χ0n) is 6.63. The predicted octanol–water partition coefficient (Wildman–Crippen LogP) is 0.908. The Bertz CT molecular complexity index is 258. The van der Waals surface area contributed by atoms with Crippen LogP contribution in [0.3, 0.4) is 0 Å². The van der Waals surface area contributed by atoms with Crippen molar-refractivity contribution in [2.24, 2.45) is 0 Å². The maximum Gasteiger partial charge on any atom is 0.0500 e. The van der Waals surface area contributed by atoms with Gasteiger partial charge in [-0.05, 0) is 18.6 Å². The van der Waals surface area contributed by atoms with Crippen LogP contribution in [0.4, 0.5) is 0 Å². The molecule has 0 bridgehead atoms. The van der Waals surface area contributed by atoms with Gasteiger partial charge in [-0.15, -0.1) is 0 Å². The molecule has 0 spiro atoms. The van der Waals surface area contributed by atoms with Gasteiger partial charge in [0.1, 0.15) is 0 Å². The van der Waals surface area contributed by atoms with E-state index in [1.165, 1.54) is 0 Å². The maximum atomic E-state index is 11.0. The molecular weight excluding hydrogens is 160 g/mol. The van der Waals surface area contributed by atoms with Crippen molar-refractivity contribution in [3.63, 3.8) is 0 Å².